The summed E-state index contributed by atoms with van der Waals surface area (Å²) in [4.78, 5) is 6.27. The quantitative estimate of drug-likeness (QED) is 0.641. The number of hydrogen-bond acceptors (Lipinski definition) is 6. The highest BCUT2D eigenvalue weighted by Crippen LogP contribution is 2.50. The molecular formula is C21H23F3N8. The van der Waals surface area contributed by atoms with E-state index in [1.807, 2.05) is 16.9 Å². The van der Waals surface area contributed by atoms with Gasteiger partial charge in [0.1, 0.15) is 5.82 Å². The van der Waals surface area contributed by atoms with Crippen molar-refractivity contribution in [1.82, 2.24) is 35.1 Å². The minimum Gasteiger partial charge on any atom is -0.383 e. The third-order valence-electron chi connectivity index (χ3n) is 7.23. The average Bonchev–Trinajstić information content (AvgIpc) is 3.15. The van der Waals surface area contributed by atoms with E-state index in [-0.39, 0.29) is 11.5 Å². The molecule has 1 aliphatic carbocycles. The van der Waals surface area contributed by atoms with Crippen LogP contribution in [-0.4, -0.2) is 48.2 Å². The average molecular weight is 444 g/mol. The number of H-pyrrole nitrogens is 1. The minimum atomic E-state index is -4.55. The number of rotatable bonds is 4. The molecule has 2 aliphatic heterocycles. The Balaban J connectivity index is 1.30. The first-order valence-corrected chi connectivity index (χ1v) is 10.9. The van der Waals surface area contributed by atoms with Crippen LogP contribution in [0.5, 0.6) is 0 Å². The number of aryl methyl sites for hydroxylation is 1. The molecular weight excluding hydrogens is 421 g/mol. The van der Waals surface area contributed by atoms with Crippen molar-refractivity contribution >= 4 is 5.82 Å². The summed E-state index contributed by atoms with van der Waals surface area (Å²) < 4.78 is 41.8. The van der Waals surface area contributed by atoms with Crippen LogP contribution in [0.3, 0.4) is 0 Å². The third-order valence-corrected chi connectivity index (χ3v) is 7.23. The van der Waals surface area contributed by atoms with Crippen LogP contribution < -0.4 is 5.73 Å². The van der Waals surface area contributed by atoms with Gasteiger partial charge in [0.2, 0.25) is 0 Å². The first-order chi connectivity index (χ1) is 15.3. The van der Waals surface area contributed by atoms with Crippen molar-refractivity contribution in [3.05, 3.63) is 41.5 Å². The number of halogens is 3. The zero-order valence-electron chi connectivity index (χ0n) is 17.3. The Morgan fingerprint density at radius 1 is 1.16 bits per heavy atom. The van der Waals surface area contributed by atoms with Crippen molar-refractivity contribution in [2.24, 2.45) is 5.92 Å². The van der Waals surface area contributed by atoms with E-state index in [4.69, 9.17) is 5.73 Å². The van der Waals surface area contributed by atoms with E-state index in [2.05, 4.69) is 30.4 Å². The largest absolute Gasteiger partial charge is 0.419 e. The number of pyridine rings is 1. The summed E-state index contributed by atoms with van der Waals surface area (Å²) in [6.45, 7) is 2.60. The van der Waals surface area contributed by atoms with Gasteiger partial charge in [0, 0.05) is 36.0 Å². The summed E-state index contributed by atoms with van der Waals surface area (Å²) in [5.74, 6) is 0.0913. The summed E-state index contributed by atoms with van der Waals surface area (Å²) >= 11 is 0. The predicted octanol–water partition coefficient (Wildman–Crippen LogP) is 3.16. The summed E-state index contributed by atoms with van der Waals surface area (Å²) in [6, 6.07) is 3.24. The first kappa shape index (κ1) is 19.7. The van der Waals surface area contributed by atoms with Gasteiger partial charge in [0.25, 0.3) is 0 Å². The maximum absolute atomic E-state index is 13.3. The van der Waals surface area contributed by atoms with Crippen molar-refractivity contribution in [2.75, 3.05) is 18.8 Å². The van der Waals surface area contributed by atoms with E-state index in [1.165, 1.54) is 19.0 Å². The molecule has 3 N–H and O–H groups in total. The highest BCUT2D eigenvalue weighted by Gasteiger charge is 2.50. The Morgan fingerprint density at radius 3 is 2.69 bits per heavy atom. The van der Waals surface area contributed by atoms with Crippen molar-refractivity contribution in [3.8, 4) is 11.3 Å². The standard InChI is InChI=1S/C21H23F3N8/c22-21(23,24)14-7-13(9-26-19(14)25)15-8-17-20(4-6-32(17)29-15)3-5-31(11-20)18(12-1-2-12)16-10-27-30-28-16/h7-10,12,18H,1-6,11H2,(H2,25,26)(H,27,28,30)/t18?,20-/m1/s1. The Hall–Kier alpha value is -2.95. The third kappa shape index (κ3) is 3.09. The van der Waals surface area contributed by atoms with E-state index < -0.39 is 17.6 Å². The van der Waals surface area contributed by atoms with Gasteiger partial charge in [0.05, 0.1) is 29.2 Å². The molecule has 3 aliphatic rings. The second-order valence-electron chi connectivity index (χ2n) is 9.22. The Bertz CT molecular complexity index is 1150. The molecule has 2 fully saturated rings. The molecule has 1 saturated heterocycles. The molecule has 0 amide bonds. The van der Waals surface area contributed by atoms with Gasteiger partial charge in [-0.1, -0.05) is 0 Å². The number of hydrogen-bond donors (Lipinski definition) is 2. The minimum absolute atomic E-state index is 0.0454. The summed E-state index contributed by atoms with van der Waals surface area (Å²) in [5.41, 5.74) is 7.41. The molecule has 168 valence electrons. The second kappa shape index (κ2) is 6.77. The van der Waals surface area contributed by atoms with Crippen LogP contribution in [0.1, 0.15) is 48.7 Å². The van der Waals surface area contributed by atoms with Crippen LogP contribution >= 0.6 is 0 Å². The molecule has 5 heterocycles. The molecule has 0 radical (unpaired) electrons. The second-order valence-corrected chi connectivity index (χ2v) is 9.22. The fourth-order valence-electron chi connectivity index (χ4n) is 5.49. The fraction of sp³-hybridized carbons (Fsp3) is 0.524. The summed E-state index contributed by atoms with van der Waals surface area (Å²) in [5, 5.41) is 15.7. The summed E-state index contributed by atoms with van der Waals surface area (Å²) in [6.07, 6.45) is 3.01. The maximum Gasteiger partial charge on any atom is 0.419 e. The molecule has 0 bridgehead atoms. The molecule has 0 aromatic carbocycles. The lowest BCUT2D eigenvalue weighted by Crippen LogP contribution is -2.33. The van der Waals surface area contributed by atoms with E-state index >= 15 is 0 Å². The molecule has 2 atom stereocenters. The van der Waals surface area contributed by atoms with Gasteiger partial charge in [-0.05, 0) is 50.3 Å². The van der Waals surface area contributed by atoms with Gasteiger partial charge in [-0.2, -0.15) is 33.7 Å². The highest BCUT2D eigenvalue weighted by atomic mass is 19.4. The van der Waals surface area contributed by atoms with Crippen molar-refractivity contribution in [3.63, 3.8) is 0 Å². The molecule has 8 nitrogen and oxygen atoms in total. The van der Waals surface area contributed by atoms with Crippen LogP contribution in [0.4, 0.5) is 19.0 Å². The number of aromatic amines is 1. The fourth-order valence-corrected chi connectivity index (χ4v) is 5.49. The number of nitrogens with one attached hydrogen (secondary N) is 1. The number of nitrogens with two attached hydrogens (primary N) is 1. The lowest BCUT2D eigenvalue weighted by molar-refractivity contribution is -0.137. The smallest absolute Gasteiger partial charge is 0.383 e. The monoisotopic (exact) mass is 444 g/mol. The number of aromatic nitrogens is 6. The van der Waals surface area contributed by atoms with Crippen LogP contribution in [0.15, 0.2) is 24.5 Å². The number of nitrogen functional groups attached to an aromatic ring is 1. The van der Waals surface area contributed by atoms with Gasteiger partial charge < -0.3 is 5.73 Å². The highest BCUT2D eigenvalue weighted by molar-refractivity contribution is 5.63. The van der Waals surface area contributed by atoms with E-state index in [0.29, 0.717) is 17.2 Å². The first-order valence-electron chi connectivity index (χ1n) is 10.9. The van der Waals surface area contributed by atoms with Gasteiger partial charge in [-0.3, -0.25) is 9.58 Å². The SMILES string of the molecule is Nc1ncc(-c2cc3n(n2)CC[C@@]32CCN(C(c3cn[nH]n3)C3CC3)C2)cc1C(F)(F)F. The lowest BCUT2D eigenvalue weighted by atomic mass is 9.82. The van der Waals surface area contributed by atoms with Crippen molar-refractivity contribution < 1.29 is 13.2 Å². The van der Waals surface area contributed by atoms with Gasteiger partial charge >= 0.3 is 6.18 Å². The lowest BCUT2D eigenvalue weighted by Gasteiger charge is -2.29. The number of anilines is 1. The number of alkyl halides is 3. The Kier molecular flexibility index (Phi) is 4.17. The van der Waals surface area contributed by atoms with Gasteiger partial charge in [0.15, 0.2) is 0 Å². The van der Waals surface area contributed by atoms with Crippen molar-refractivity contribution in [2.45, 2.75) is 49.9 Å². The molecule has 6 rings (SSSR count). The van der Waals surface area contributed by atoms with Gasteiger partial charge in [-0.25, -0.2) is 4.98 Å². The van der Waals surface area contributed by atoms with Crippen molar-refractivity contribution in [1.29, 1.82) is 0 Å². The summed E-state index contributed by atoms with van der Waals surface area (Å²) in [7, 11) is 0. The molecule has 1 unspecified atom stereocenters. The normalized spacial score (nSPS) is 24.3. The zero-order chi connectivity index (χ0) is 22.1. The number of fused-ring (bicyclic) bond motifs is 2. The van der Waals surface area contributed by atoms with Gasteiger partial charge in [-0.15, -0.1) is 0 Å². The van der Waals surface area contributed by atoms with Crippen LogP contribution in [0.2, 0.25) is 0 Å². The molecule has 1 saturated carbocycles. The van der Waals surface area contributed by atoms with E-state index in [9.17, 15) is 13.2 Å². The molecule has 32 heavy (non-hydrogen) atoms. The van der Waals surface area contributed by atoms with Crippen LogP contribution in [-0.2, 0) is 18.1 Å². The van der Waals surface area contributed by atoms with E-state index in [0.717, 1.165) is 49.9 Å². The Labute approximate surface area is 182 Å². The Morgan fingerprint density at radius 2 is 1.97 bits per heavy atom. The number of likely N-dealkylation sites (tertiary alicyclic amines) is 1. The zero-order valence-corrected chi connectivity index (χ0v) is 17.3. The van der Waals surface area contributed by atoms with E-state index in [1.54, 1.807) is 0 Å². The molecule has 11 heteroatoms. The van der Waals surface area contributed by atoms with Crippen LogP contribution in [0, 0.1) is 5.92 Å². The molecule has 3 aromatic rings. The molecule has 3 aromatic heterocycles. The van der Waals surface area contributed by atoms with Crippen LogP contribution in [0.25, 0.3) is 11.3 Å². The number of nitrogens with zero attached hydrogens (tertiary/aromatic N) is 6. The predicted molar refractivity (Wildman–Crippen MR) is 109 cm³/mol. The topological polar surface area (TPSA) is 102 Å². The molecule has 1 spiro atoms. The maximum atomic E-state index is 13.3.